The van der Waals surface area contributed by atoms with Crippen molar-refractivity contribution in [2.75, 3.05) is 45.2 Å². The molecule has 0 unspecified atom stereocenters. The normalized spacial score (nSPS) is 22.8. The maximum absolute atomic E-state index is 13.9. The first-order valence-electron chi connectivity index (χ1n) is 11.8. The molecule has 0 aliphatic carbocycles. The Bertz CT molecular complexity index is 1080. The van der Waals surface area contributed by atoms with E-state index in [0.29, 0.717) is 26.3 Å². The zero-order chi connectivity index (χ0) is 22.6. The topological polar surface area (TPSA) is 53.6 Å². The molecule has 33 heavy (non-hydrogen) atoms. The SMILES string of the molecule is CNc1ccc(-c2ccccc2[C@@H]2CNC[C@H]2C(=O)N2CCOC[C@@H]2c2ccccc2)cc1. The Morgan fingerprint density at radius 2 is 1.73 bits per heavy atom. The summed E-state index contributed by atoms with van der Waals surface area (Å²) in [5.41, 5.74) is 5.84. The molecule has 2 aliphatic rings. The van der Waals surface area contributed by atoms with E-state index >= 15 is 0 Å². The summed E-state index contributed by atoms with van der Waals surface area (Å²) in [6, 6.07) is 27.2. The molecule has 3 atom stereocenters. The summed E-state index contributed by atoms with van der Waals surface area (Å²) in [6.45, 7) is 3.29. The highest BCUT2D eigenvalue weighted by Gasteiger charge is 2.40. The van der Waals surface area contributed by atoms with Gasteiger partial charge in [0.15, 0.2) is 0 Å². The highest BCUT2D eigenvalue weighted by Crippen LogP contribution is 2.38. The van der Waals surface area contributed by atoms with E-state index in [-0.39, 0.29) is 23.8 Å². The second kappa shape index (κ2) is 9.77. The fraction of sp³-hybridized carbons (Fsp3) is 0.321. The van der Waals surface area contributed by atoms with Crippen LogP contribution in [0.15, 0.2) is 78.9 Å². The standard InChI is InChI=1S/C28H31N3O2/c1-29-22-13-11-20(12-14-22)23-9-5-6-10-24(23)25-17-30-18-26(25)28(32)31-15-16-33-19-27(31)21-7-3-2-4-8-21/h2-14,25-27,29-30H,15-19H2,1H3/t25-,26+,27+/m0/s1. The number of nitrogens with one attached hydrogen (secondary N) is 2. The Morgan fingerprint density at radius 3 is 2.52 bits per heavy atom. The molecule has 2 saturated heterocycles. The molecule has 2 fully saturated rings. The van der Waals surface area contributed by atoms with Crippen LogP contribution in [0.4, 0.5) is 5.69 Å². The molecule has 170 valence electrons. The van der Waals surface area contributed by atoms with Crippen LogP contribution < -0.4 is 10.6 Å². The van der Waals surface area contributed by atoms with Gasteiger partial charge in [0.2, 0.25) is 5.91 Å². The van der Waals surface area contributed by atoms with E-state index in [9.17, 15) is 4.79 Å². The summed E-state index contributed by atoms with van der Waals surface area (Å²) in [5.74, 6) is 0.270. The summed E-state index contributed by atoms with van der Waals surface area (Å²) in [7, 11) is 1.93. The van der Waals surface area contributed by atoms with E-state index in [1.807, 2.05) is 30.1 Å². The van der Waals surface area contributed by atoms with Crippen molar-refractivity contribution in [2.24, 2.45) is 5.92 Å². The number of carbonyl (C=O) groups is 1. The molecule has 2 aliphatic heterocycles. The Labute approximate surface area is 195 Å². The van der Waals surface area contributed by atoms with E-state index < -0.39 is 0 Å². The molecule has 0 saturated carbocycles. The number of amides is 1. The molecule has 5 heteroatoms. The van der Waals surface area contributed by atoms with Crippen LogP contribution in [0, 0.1) is 5.92 Å². The van der Waals surface area contributed by atoms with Gasteiger partial charge >= 0.3 is 0 Å². The molecular formula is C28H31N3O2. The Balaban J connectivity index is 1.44. The first-order valence-corrected chi connectivity index (χ1v) is 11.8. The van der Waals surface area contributed by atoms with Crippen LogP contribution in [-0.2, 0) is 9.53 Å². The van der Waals surface area contributed by atoms with Crippen molar-refractivity contribution in [3.05, 3.63) is 90.0 Å². The summed E-state index contributed by atoms with van der Waals surface area (Å²) >= 11 is 0. The Hall–Kier alpha value is -3.15. The number of ether oxygens (including phenoxy) is 1. The van der Waals surface area contributed by atoms with E-state index in [4.69, 9.17) is 4.74 Å². The van der Waals surface area contributed by atoms with Crippen molar-refractivity contribution >= 4 is 11.6 Å². The zero-order valence-corrected chi connectivity index (χ0v) is 19.0. The molecule has 0 bridgehead atoms. The fourth-order valence-corrected chi connectivity index (χ4v) is 5.20. The predicted octanol–water partition coefficient (Wildman–Crippen LogP) is 4.30. The van der Waals surface area contributed by atoms with Gasteiger partial charge in [0.05, 0.1) is 25.2 Å². The second-order valence-electron chi connectivity index (χ2n) is 8.82. The maximum atomic E-state index is 13.9. The van der Waals surface area contributed by atoms with Gasteiger partial charge in [-0.3, -0.25) is 4.79 Å². The molecule has 3 aromatic carbocycles. The van der Waals surface area contributed by atoms with Crippen molar-refractivity contribution in [1.82, 2.24) is 10.2 Å². The van der Waals surface area contributed by atoms with Gasteiger partial charge in [-0.25, -0.2) is 0 Å². The smallest absolute Gasteiger partial charge is 0.228 e. The van der Waals surface area contributed by atoms with Gasteiger partial charge in [-0.1, -0.05) is 66.7 Å². The largest absolute Gasteiger partial charge is 0.388 e. The molecule has 1 amide bonds. The van der Waals surface area contributed by atoms with Crippen LogP contribution >= 0.6 is 0 Å². The highest BCUT2D eigenvalue weighted by molar-refractivity contribution is 5.82. The lowest BCUT2D eigenvalue weighted by molar-refractivity contribution is -0.144. The minimum Gasteiger partial charge on any atom is -0.388 e. The predicted molar refractivity (Wildman–Crippen MR) is 132 cm³/mol. The molecule has 0 radical (unpaired) electrons. The van der Waals surface area contributed by atoms with Gasteiger partial charge in [-0.15, -0.1) is 0 Å². The number of nitrogens with zero attached hydrogens (tertiary/aromatic N) is 1. The van der Waals surface area contributed by atoms with Crippen LogP contribution in [0.2, 0.25) is 0 Å². The lowest BCUT2D eigenvalue weighted by Gasteiger charge is -2.38. The van der Waals surface area contributed by atoms with Gasteiger partial charge in [-0.2, -0.15) is 0 Å². The number of anilines is 1. The van der Waals surface area contributed by atoms with Crippen LogP contribution in [0.1, 0.15) is 23.1 Å². The zero-order valence-electron chi connectivity index (χ0n) is 19.0. The lowest BCUT2D eigenvalue weighted by atomic mass is 9.83. The second-order valence-corrected chi connectivity index (χ2v) is 8.82. The molecule has 0 aromatic heterocycles. The van der Waals surface area contributed by atoms with Gasteiger partial charge in [0, 0.05) is 38.3 Å². The number of benzene rings is 3. The molecule has 5 rings (SSSR count). The van der Waals surface area contributed by atoms with Gasteiger partial charge in [0.25, 0.3) is 0 Å². The number of hydrogen-bond donors (Lipinski definition) is 2. The molecule has 2 heterocycles. The van der Waals surface area contributed by atoms with Crippen LogP contribution in [0.25, 0.3) is 11.1 Å². The minimum atomic E-state index is -0.0907. The third-order valence-corrected chi connectivity index (χ3v) is 6.97. The van der Waals surface area contributed by atoms with Gasteiger partial charge in [-0.05, 0) is 34.4 Å². The molecule has 0 spiro atoms. The summed E-state index contributed by atoms with van der Waals surface area (Å²) < 4.78 is 5.77. The number of rotatable bonds is 5. The van der Waals surface area contributed by atoms with E-state index in [2.05, 4.69) is 71.3 Å². The fourth-order valence-electron chi connectivity index (χ4n) is 5.20. The summed E-state index contributed by atoms with van der Waals surface area (Å²) in [5, 5.41) is 6.68. The average Bonchev–Trinajstić information content (AvgIpc) is 3.39. The Kier molecular flexibility index (Phi) is 6.42. The maximum Gasteiger partial charge on any atom is 0.228 e. The number of carbonyl (C=O) groups excluding carboxylic acids is 1. The average molecular weight is 442 g/mol. The monoisotopic (exact) mass is 441 g/mol. The first kappa shape index (κ1) is 21.7. The van der Waals surface area contributed by atoms with E-state index in [1.165, 1.54) is 16.7 Å². The van der Waals surface area contributed by atoms with Gasteiger partial charge < -0.3 is 20.3 Å². The summed E-state index contributed by atoms with van der Waals surface area (Å²) in [4.78, 5) is 16.0. The lowest BCUT2D eigenvalue weighted by Crippen LogP contribution is -2.47. The van der Waals surface area contributed by atoms with Crippen LogP contribution in [-0.4, -0.2) is 50.7 Å². The molecular weight excluding hydrogens is 410 g/mol. The van der Waals surface area contributed by atoms with Crippen molar-refractivity contribution in [3.63, 3.8) is 0 Å². The summed E-state index contributed by atoms with van der Waals surface area (Å²) in [6.07, 6.45) is 0. The molecule has 3 aromatic rings. The minimum absolute atomic E-state index is 0.0296. The number of morpholine rings is 1. The third kappa shape index (κ3) is 4.39. The third-order valence-electron chi connectivity index (χ3n) is 6.97. The first-order chi connectivity index (χ1) is 16.3. The van der Waals surface area contributed by atoms with Crippen molar-refractivity contribution in [1.29, 1.82) is 0 Å². The van der Waals surface area contributed by atoms with Crippen LogP contribution in [0.5, 0.6) is 0 Å². The highest BCUT2D eigenvalue weighted by atomic mass is 16.5. The van der Waals surface area contributed by atoms with Crippen molar-refractivity contribution in [2.45, 2.75) is 12.0 Å². The van der Waals surface area contributed by atoms with Crippen LogP contribution in [0.3, 0.4) is 0 Å². The molecule has 2 N–H and O–H groups in total. The quantitative estimate of drug-likeness (QED) is 0.620. The van der Waals surface area contributed by atoms with Crippen molar-refractivity contribution in [3.8, 4) is 11.1 Å². The Morgan fingerprint density at radius 1 is 0.970 bits per heavy atom. The van der Waals surface area contributed by atoms with Crippen molar-refractivity contribution < 1.29 is 9.53 Å². The van der Waals surface area contributed by atoms with E-state index in [0.717, 1.165) is 17.8 Å². The van der Waals surface area contributed by atoms with Gasteiger partial charge in [0.1, 0.15) is 0 Å². The number of hydrogen-bond acceptors (Lipinski definition) is 4. The molecule has 5 nitrogen and oxygen atoms in total. The van der Waals surface area contributed by atoms with E-state index in [1.54, 1.807) is 0 Å².